The summed E-state index contributed by atoms with van der Waals surface area (Å²) in [5.74, 6) is 0.487. The van der Waals surface area contributed by atoms with E-state index in [1.165, 1.54) is 0 Å². The van der Waals surface area contributed by atoms with Gasteiger partial charge in [-0.1, -0.05) is 0 Å². The molecule has 148 valence electrons. The molecule has 0 aromatic carbocycles. The highest BCUT2D eigenvalue weighted by Gasteiger charge is 2.29. The van der Waals surface area contributed by atoms with Gasteiger partial charge in [-0.2, -0.15) is 0 Å². The maximum atomic E-state index is 12.5. The third kappa shape index (κ3) is 5.32. The van der Waals surface area contributed by atoms with Gasteiger partial charge in [-0.25, -0.2) is 0 Å². The fourth-order valence-electron chi connectivity index (χ4n) is 3.79. The molecule has 2 aliphatic heterocycles. The summed E-state index contributed by atoms with van der Waals surface area (Å²) in [5, 5.41) is 2.90. The molecule has 2 saturated heterocycles. The summed E-state index contributed by atoms with van der Waals surface area (Å²) in [5.41, 5.74) is 5.35. The van der Waals surface area contributed by atoms with Crippen molar-refractivity contribution in [3.05, 3.63) is 24.2 Å². The number of likely N-dealkylation sites (tertiary alicyclic amines) is 2. The van der Waals surface area contributed by atoms with E-state index < -0.39 is 0 Å². The van der Waals surface area contributed by atoms with Crippen LogP contribution in [0, 0.1) is 11.8 Å². The zero-order valence-electron chi connectivity index (χ0n) is 15.6. The number of carbonyl (C=O) groups is 3. The SMILES string of the molecule is NC(=O)C1CCN(CC(=O)N2CCC(C(=O)NCc3ccco3)CC2)CC1. The van der Waals surface area contributed by atoms with E-state index in [0.717, 1.165) is 31.7 Å². The minimum atomic E-state index is -0.242. The molecule has 0 aliphatic carbocycles. The molecular weight excluding hydrogens is 348 g/mol. The van der Waals surface area contributed by atoms with Crippen LogP contribution in [0.2, 0.25) is 0 Å². The third-order valence-corrected chi connectivity index (χ3v) is 5.58. The average molecular weight is 376 g/mol. The van der Waals surface area contributed by atoms with Crippen molar-refractivity contribution in [3.8, 4) is 0 Å². The summed E-state index contributed by atoms with van der Waals surface area (Å²) in [4.78, 5) is 39.9. The van der Waals surface area contributed by atoms with Gasteiger partial charge in [0, 0.05) is 24.9 Å². The first kappa shape index (κ1) is 19.4. The molecule has 0 atom stereocenters. The number of rotatable bonds is 6. The molecule has 2 fully saturated rings. The van der Waals surface area contributed by atoms with Gasteiger partial charge in [0.2, 0.25) is 17.7 Å². The van der Waals surface area contributed by atoms with Gasteiger partial charge >= 0.3 is 0 Å². The molecule has 0 bridgehead atoms. The first-order valence-electron chi connectivity index (χ1n) is 9.62. The van der Waals surface area contributed by atoms with Crippen LogP contribution in [0.1, 0.15) is 31.4 Å². The average Bonchev–Trinajstić information content (AvgIpc) is 3.20. The number of primary amides is 1. The number of hydrogen-bond acceptors (Lipinski definition) is 5. The molecule has 3 rings (SSSR count). The number of piperidine rings is 2. The Hall–Kier alpha value is -2.35. The predicted octanol–water partition coefficient (Wildman–Crippen LogP) is 0.332. The van der Waals surface area contributed by atoms with Crippen molar-refractivity contribution in [3.63, 3.8) is 0 Å². The Morgan fingerprint density at radius 1 is 1.07 bits per heavy atom. The number of carbonyl (C=O) groups excluding carboxylic acids is 3. The molecule has 8 heteroatoms. The summed E-state index contributed by atoms with van der Waals surface area (Å²) < 4.78 is 5.21. The molecular formula is C19H28N4O4. The summed E-state index contributed by atoms with van der Waals surface area (Å²) in [6, 6.07) is 3.62. The van der Waals surface area contributed by atoms with E-state index in [1.54, 1.807) is 12.3 Å². The van der Waals surface area contributed by atoms with E-state index in [1.807, 2.05) is 11.0 Å². The third-order valence-electron chi connectivity index (χ3n) is 5.58. The molecule has 0 spiro atoms. The summed E-state index contributed by atoms with van der Waals surface area (Å²) in [6.07, 6.45) is 4.39. The van der Waals surface area contributed by atoms with E-state index in [2.05, 4.69) is 10.2 Å². The lowest BCUT2D eigenvalue weighted by Gasteiger charge is -2.35. The van der Waals surface area contributed by atoms with Gasteiger partial charge in [-0.05, 0) is 50.9 Å². The Bertz CT molecular complexity index is 645. The lowest BCUT2D eigenvalue weighted by molar-refractivity contribution is -0.137. The van der Waals surface area contributed by atoms with E-state index >= 15 is 0 Å². The second-order valence-electron chi connectivity index (χ2n) is 7.41. The van der Waals surface area contributed by atoms with E-state index in [9.17, 15) is 14.4 Å². The fourth-order valence-corrected chi connectivity index (χ4v) is 3.79. The van der Waals surface area contributed by atoms with Crippen molar-refractivity contribution in [2.75, 3.05) is 32.7 Å². The van der Waals surface area contributed by atoms with Crippen LogP contribution in [0.3, 0.4) is 0 Å². The number of nitrogens with one attached hydrogen (secondary N) is 1. The molecule has 0 unspecified atom stereocenters. The molecule has 0 radical (unpaired) electrons. The van der Waals surface area contributed by atoms with Crippen LogP contribution in [-0.4, -0.2) is 60.2 Å². The first-order valence-corrected chi connectivity index (χ1v) is 9.62. The Morgan fingerprint density at radius 3 is 2.33 bits per heavy atom. The monoisotopic (exact) mass is 376 g/mol. The maximum Gasteiger partial charge on any atom is 0.236 e. The van der Waals surface area contributed by atoms with Crippen LogP contribution in [-0.2, 0) is 20.9 Å². The van der Waals surface area contributed by atoms with Crippen molar-refractivity contribution in [2.24, 2.45) is 17.6 Å². The van der Waals surface area contributed by atoms with Crippen LogP contribution < -0.4 is 11.1 Å². The molecule has 1 aromatic heterocycles. The summed E-state index contributed by atoms with van der Waals surface area (Å²) >= 11 is 0. The van der Waals surface area contributed by atoms with Gasteiger partial charge in [0.05, 0.1) is 19.4 Å². The van der Waals surface area contributed by atoms with Gasteiger partial charge in [-0.3, -0.25) is 19.3 Å². The second kappa shape index (κ2) is 9.03. The Kier molecular flexibility index (Phi) is 6.49. The Morgan fingerprint density at radius 2 is 1.74 bits per heavy atom. The van der Waals surface area contributed by atoms with Gasteiger partial charge in [0.25, 0.3) is 0 Å². The minimum Gasteiger partial charge on any atom is -0.467 e. The normalized spacial score (nSPS) is 19.8. The maximum absolute atomic E-state index is 12.5. The quantitative estimate of drug-likeness (QED) is 0.744. The second-order valence-corrected chi connectivity index (χ2v) is 7.41. The molecule has 1 aromatic rings. The zero-order valence-corrected chi connectivity index (χ0v) is 15.6. The smallest absolute Gasteiger partial charge is 0.236 e. The number of nitrogens with two attached hydrogens (primary N) is 1. The predicted molar refractivity (Wildman–Crippen MR) is 98.2 cm³/mol. The van der Waals surface area contributed by atoms with E-state index in [4.69, 9.17) is 10.2 Å². The molecule has 3 N–H and O–H groups in total. The molecule has 3 heterocycles. The van der Waals surface area contributed by atoms with Crippen LogP contribution in [0.15, 0.2) is 22.8 Å². The van der Waals surface area contributed by atoms with Crippen molar-refractivity contribution in [1.82, 2.24) is 15.1 Å². The highest BCUT2D eigenvalue weighted by Crippen LogP contribution is 2.20. The zero-order chi connectivity index (χ0) is 19.2. The Labute approximate surface area is 159 Å². The van der Waals surface area contributed by atoms with Gasteiger partial charge in [0.15, 0.2) is 0 Å². The number of amides is 3. The molecule has 8 nitrogen and oxygen atoms in total. The van der Waals surface area contributed by atoms with Crippen molar-refractivity contribution in [1.29, 1.82) is 0 Å². The number of hydrogen-bond donors (Lipinski definition) is 2. The first-order chi connectivity index (χ1) is 13.0. The number of nitrogens with zero attached hydrogens (tertiary/aromatic N) is 2. The van der Waals surface area contributed by atoms with Crippen molar-refractivity contribution >= 4 is 17.7 Å². The fraction of sp³-hybridized carbons (Fsp3) is 0.632. The van der Waals surface area contributed by atoms with Gasteiger partial charge in [0.1, 0.15) is 5.76 Å². The minimum absolute atomic E-state index is 0.0204. The highest BCUT2D eigenvalue weighted by atomic mass is 16.3. The standard InChI is InChI=1S/C19H28N4O4/c20-18(25)14-3-7-22(8-4-14)13-17(24)23-9-5-15(6-10-23)19(26)21-12-16-2-1-11-27-16/h1-2,11,14-15H,3-10,12-13H2,(H2,20,25)(H,21,26). The lowest BCUT2D eigenvalue weighted by Crippen LogP contribution is -2.48. The lowest BCUT2D eigenvalue weighted by atomic mass is 9.95. The summed E-state index contributed by atoms with van der Waals surface area (Å²) in [7, 11) is 0. The summed E-state index contributed by atoms with van der Waals surface area (Å²) in [6.45, 7) is 3.44. The van der Waals surface area contributed by atoms with Gasteiger partial charge in [-0.15, -0.1) is 0 Å². The highest BCUT2D eigenvalue weighted by molar-refractivity contribution is 5.81. The van der Waals surface area contributed by atoms with Crippen LogP contribution >= 0.6 is 0 Å². The Balaban J connectivity index is 1.36. The van der Waals surface area contributed by atoms with Crippen molar-refractivity contribution in [2.45, 2.75) is 32.2 Å². The molecule has 0 saturated carbocycles. The molecule has 27 heavy (non-hydrogen) atoms. The number of furan rings is 1. The van der Waals surface area contributed by atoms with Crippen LogP contribution in [0.25, 0.3) is 0 Å². The van der Waals surface area contributed by atoms with E-state index in [-0.39, 0.29) is 29.6 Å². The van der Waals surface area contributed by atoms with Gasteiger partial charge < -0.3 is 20.4 Å². The molecule has 3 amide bonds. The molecule has 2 aliphatic rings. The van der Waals surface area contributed by atoms with E-state index in [0.29, 0.717) is 39.0 Å². The topological polar surface area (TPSA) is 109 Å². The van der Waals surface area contributed by atoms with Crippen molar-refractivity contribution < 1.29 is 18.8 Å². The van der Waals surface area contributed by atoms with Crippen LogP contribution in [0.5, 0.6) is 0 Å². The van der Waals surface area contributed by atoms with Crippen LogP contribution in [0.4, 0.5) is 0 Å². The largest absolute Gasteiger partial charge is 0.467 e.